The highest BCUT2D eigenvalue weighted by molar-refractivity contribution is 5.30. The molecule has 0 spiro atoms. The van der Waals surface area contributed by atoms with Crippen LogP contribution in [0.4, 0.5) is 4.39 Å². The van der Waals surface area contributed by atoms with E-state index in [4.69, 9.17) is 10.5 Å². The molecule has 0 bridgehead atoms. The Morgan fingerprint density at radius 3 is 2.71 bits per heavy atom. The number of hydrogen-bond donors (Lipinski definition) is 1. The summed E-state index contributed by atoms with van der Waals surface area (Å²) in [6.07, 6.45) is -1.01. The first-order chi connectivity index (χ1) is 6.63. The van der Waals surface area contributed by atoms with Gasteiger partial charge < -0.3 is 10.5 Å². The standard InChI is InChI=1S/C11H16FNO/c1-8(2)14-10-5-3-4-9(6-10)11(12)7-13/h3-6,8,11H,7,13H2,1-2H3. The van der Waals surface area contributed by atoms with Gasteiger partial charge in [0.05, 0.1) is 6.10 Å². The molecule has 0 heterocycles. The fourth-order valence-corrected chi connectivity index (χ4v) is 1.19. The predicted octanol–water partition coefficient (Wildman–Crippen LogP) is 2.44. The minimum Gasteiger partial charge on any atom is -0.491 e. The monoisotopic (exact) mass is 197 g/mol. The molecular formula is C11H16FNO. The Morgan fingerprint density at radius 1 is 1.43 bits per heavy atom. The van der Waals surface area contributed by atoms with E-state index in [9.17, 15) is 4.39 Å². The second-order valence-corrected chi connectivity index (χ2v) is 3.44. The molecule has 0 amide bonds. The molecular weight excluding hydrogens is 181 g/mol. The molecule has 0 saturated carbocycles. The topological polar surface area (TPSA) is 35.2 Å². The molecule has 1 atom stereocenters. The number of alkyl halides is 1. The van der Waals surface area contributed by atoms with E-state index in [2.05, 4.69) is 0 Å². The first-order valence-electron chi connectivity index (χ1n) is 4.74. The van der Waals surface area contributed by atoms with Crippen molar-refractivity contribution in [2.24, 2.45) is 5.73 Å². The summed E-state index contributed by atoms with van der Waals surface area (Å²) >= 11 is 0. The predicted molar refractivity (Wildman–Crippen MR) is 55.1 cm³/mol. The average molecular weight is 197 g/mol. The van der Waals surface area contributed by atoms with Gasteiger partial charge in [0.2, 0.25) is 0 Å². The van der Waals surface area contributed by atoms with Crippen molar-refractivity contribution in [3.8, 4) is 5.75 Å². The van der Waals surface area contributed by atoms with E-state index in [0.29, 0.717) is 11.3 Å². The molecule has 2 N–H and O–H groups in total. The van der Waals surface area contributed by atoms with Gasteiger partial charge in [0.25, 0.3) is 0 Å². The van der Waals surface area contributed by atoms with E-state index in [1.807, 2.05) is 19.9 Å². The molecule has 0 aliphatic carbocycles. The number of ether oxygens (including phenoxy) is 1. The zero-order valence-corrected chi connectivity index (χ0v) is 8.53. The van der Waals surface area contributed by atoms with Crippen LogP contribution in [0.25, 0.3) is 0 Å². The van der Waals surface area contributed by atoms with Crippen molar-refractivity contribution in [1.29, 1.82) is 0 Å². The fourth-order valence-electron chi connectivity index (χ4n) is 1.19. The Morgan fingerprint density at radius 2 is 2.14 bits per heavy atom. The molecule has 0 aliphatic rings. The Balaban J connectivity index is 2.78. The van der Waals surface area contributed by atoms with E-state index in [0.717, 1.165) is 0 Å². The van der Waals surface area contributed by atoms with Crippen molar-refractivity contribution in [3.63, 3.8) is 0 Å². The summed E-state index contributed by atoms with van der Waals surface area (Å²) in [4.78, 5) is 0. The minimum atomic E-state index is -1.11. The fraction of sp³-hybridized carbons (Fsp3) is 0.455. The number of rotatable bonds is 4. The van der Waals surface area contributed by atoms with Gasteiger partial charge in [-0.2, -0.15) is 0 Å². The Labute approximate surface area is 83.9 Å². The van der Waals surface area contributed by atoms with Crippen molar-refractivity contribution < 1.29 is 9.13 Å². The van der Waals surface area contributed by atoms with E-state index < -0.39 is 6.17 Å². The summed E-state index contributed by atoms with van der Waals surface area (Å²) in [5.41, 5.74) is 5.81. The van der Waals surface area contributed by atoms with Gasteiger partial charge in [-0.15, -0.1) is 0 Å². The summed E-state index contributed by atoms with van der Waals surface area (Å²) < 4.78 is 18.6. The maximum Gasteiger partial charge on any atom is 0.137 e. The summed E-state index contributed by atoms with van der Waals surface area (Å²) in [5, 5.41) is 0. The smallest absolute Gasteiger partial charge is 0.137 e. The Bertz CT molecular complexity index is 288. The van der Waals surface area contributed by atoms with Crippen LogP contribution in [0.2, 0.25) is 0 Å². The molecule has 0 aromatic heterocycles. The van der Waals surface area contributed by atoms with Gasteiger partial charge in [-0.25, -0.2) is 4.39 Å². The van der Waals surface area contributed by atoms with Crippen LogP contribution in [-0.2, 0) is 0 Å². The summed E-state index contributed by atoms with van der Waals surface area (Å²) in [6, 6.07) is 6.99. The van der Waals surface area contributed by atoms with Gasteiger partial charge >= 0.3 is 0 Å². The van der Waals surface area contributed by atoms with Crippen molar-refractivity contribution in [2.75, 3.05) is 6.54 Å². The lowest BCUT2D eigenvalue weighted by molar-refractivity contribution is 0.241. The molecule has 3 heteroatoms. The van der Waals surface area contributed by atoms with Gasteiger partial charge in [-0.05, 0) is 31.5 Å². The Kier molecular flexibility index (Phi) is 3.89. The van der Waals surface area contributed by atoms with Crippen molar-refractivity contribution in [3.05, 3.63) is 29.8 Å². The first-order valence-corrected chi connectivity index (χ1v) is 4.74. The van der Waals surface area contributed by atoms with Gasteiger partial charge in [-0.3, -0.25) is 0 Å². The second kappa shape index (κ2) is 4.96. The molecule has 0 saturated heterocycles. The lowest BCUT2D eigenvalue weighted by Crippen LogP contribution is -2.09. The van der Waals surface area contributed by atoms with Crippen LogP contribution in [0.1, 0.15) is 25.6 Å². The van der Waals surface area contributed by atoms with Gasteiger partial charge in [0.1, 0.15) is 11.9 Å². The van der Waals surface area contributed by atoms with E-state index >= 15 is 0 Å². The highest BCUT2D eigenvalue weighted by Gasteiger charge is 2.08. The number of hydrogen-bond acceptors (Lipinski definition) is 2. The highest BCUT2D eigenvalue weighted by Crippen LogP contribution is 2.21. The molecule has 1 aromatic rings. The van der Waals surface area contributed by atoms with Crippen LogP contribution in [0.15, 0.2) is 24.3 Å². The zero-order valence-electron chi connectivity index (χ0n) is 8.53. The highest BCUT2D eigenvalue weighted by atomic mass is 19.1. The molecule has 0 radical (unpaired) electrons. The molecule has 14 heavy (non-hydrogen) atoms. The third kappa shape index (κ3) is 3.00. The van der Waals surface area contributed by atoms with Crippen LogP contribution < -0.4 is 10.5 Å². The number of halogens is 1. The third-order valence-electron chi connectivity index (χ3n) is 1.80. The molecule has 78 valence electrons. The molecule has 1 rings (SSSR count). The first kappa shape index (κ1) is 11.0. The largest absolute Gasteiger partial charge is 0.491 e. The SMILES string of the molecule is CC(C)Oc1cccc(C(F)CN)c1. The maximum absolute atomic E-state index is 13.2. The average Bonchev–Trinajstić information content (AvgIpc) is 2.16. The lowest BCUT2D eigenvalue weighted by atomic mass is 10.1. The third-order valence-corrected chi connectivity index (χ3v) is 1.80. The zero-order chi connectivity index (χ0) is 10.6. The van der Waals surface area contributed by atoms with Crippen molar-refractivity contribution in [2.45, 2.75) is 26.1 Å². The number of benzene rings is 1. The van der Waals surface area contributed by atoms with Crippen LogP contribution in [-0.4, -0.2) is 12.6 Å². The van der Waals surface area contributed by atoms with Crippen LogP contribution in [0.3, 0.4) is 0 Å². The van der Waals surface area contributed by atoms with Crippen molar-refractivity contribution >= 4 is 0 Å². The van der Waals surface area contributed by atoms with Crippen LogP contribution in [0, 0.1) is 0 Å². The molecule has 2 nitrogen and oxygen atoms in total. The molecule has 1 aromatic carbocycles. The van der Waals surface area contributed by atoms with Crippen LogP contribution in [0.5, 0.6) is 5.75 Å². The lowest BCUT2D eigenvalue weighted by Gasteiger charge is -2.12. The van der Waals surface area contributed by atoms with Gasteiger partial charge in [-0.1, -0.05) is 12.1 Å². The second-order valence-electron chi connectivity index (χ2n) is 3.44. The van der Waals surface area contributed by atoms with Gasteiger partial charge in [0.15, 0.2) is 0 Å². The van der Waals surface area contributed by atoms with E-state index in [1.165, 1.54) is 0 Å². The molecule has 0 fully saturated rings. The summed E-state index contributed by atoms with van der Waals surface area (Å²) in [5.74, 6) is 0.689. The van der Waals surface area contributed by atoms with E-state index in [1.54, 1.807) is 18.2 Å². The maximum atomic E-state index is 13.2. The van der Waals surface area contributed by atoms with Crippen LogP contribution >= 0.6 is 0 Å². The molecule has 1 unspecified atom stereocenters. The van der Waals surface area contributed by atoms with E-state index in [-0.39, 0.29) is 12.6 Å². The number of nitrogens with two attached hydrogens (primary N) is 1. The van der Waals surface area contributed by atoms with Gasteiger partial charge in [0, 0.05) is 6.54 Å². The Hall–Kier alpha value is -1.09. The minimum absolute atomic E-state index is 0.00509. The quantitative estimate of drug-likeness (QED) is 0.804. The molecule has 0 aliphatic heterocycles. The summed E-state index contributed by atoms with van der Waals surface area (Å²) in [7, 11) is 0. The van der Waals surface area contributed by atoms with Crippen molar-refractivity contribution in [1.82, 2.24) is 0 Å². The normalized spacial score (nSPS) is 12.9. The summed E-state index contributed by atoms with van der Waals surface area (Å²) in [6.45, 7) is 3.87.